The van der Waals surface area contributed by atoms with Gasteiger partial charge in [-0.3, -0.25) is 4.79 Å². The molecule has 1 saturated heterocycles. The maximum atomic E-state index is 13.1. The number of piperazine rings is 1. The first-order valence-electron chi connectivity index (χ1n) is 8.65. The Morgan fingerprint density at radius 3 is 2.62 bits per heavy atom. The van der Waals surface area contributed by atoms with Gasteiger partial charge in [-0.15, -0.1) is 0 Å². The number of rotatable bonds is 2. The Morgan fingerprint density at radius 2 is 1.92 bits per heavy atom. The third-order valence-corrected chi connectivity index (χ3v) is 6.52. The predicted molar refractivity (Wildman–Crippen MR) is 96.0 cm³/mol. The minimum absolute atomic E-state index is 0.0701. The molecule has 0 aromatic carbocycles. The highest BCUT2D eigenvalue weighted by atomic mass is 32.2. The first-order valence-corrected chi connectivity index (χ1v) is 10.5. The van der Waals surface area contributed by atoms with Gasteiger partial charge < -0.3 is 9.80 Å². The summed E-state index contributed by atoms with van der Waals surface area (Å²) in [4.78, 5) is 21.3. The van der Waals surface area contributed by atoms with Crippen molar-refractivity contribution in [3.05, 3.63) is 41.3 Å². The highest BCUT2D eigenvalue weighted by Gasteiger charge is 2.34. The fourth-order valence-electron chi connectivity index (χ4n) is 3.44. The number of aromatic nitrogens is 3. The summed E-state index contributed by atoms with van der Waals surface area (Å²) < 4.78 is 26.0. The number of fused-ring (bicyclic) bond motifs is 1. The molecule has 0 N–H and O–H groups in total. The molecule has 0 spiro atoms. The number of sulfone groups is 1. The van der Waals surface area contributed by atoms with Gasteiger partial charge in [0.25, 0.3) is 5.91 Å². The number of pyridine rings is 1. The van der Waals surface area contributed by atoms with E-state index >= 15 is 0 Å². The molecule has 2 aliphatic heterocycles. The molecule has 26 heavy (non-hydrogen) atoms. The largest absolute Gasteiger partial charge is 0.335 e. The Morgan fingerprint density at radius 1 is 1.15 bits per heavy atom. The summed E-state index contributed by atoms with van der Waals surface area (Å²) in [6.07, 6.45) is 2.00. The Kier molecular flexibility index (Phi) is 4.28. The lowest BCUT2D eigenvalue weighted by Crippen LogP contribution is -2.47. The molecule has 4 rings (SSSR count). The van der Waals surface area contributed by atoms with Gasteiger partial charge in [0.1, 0.15) is 0 Å². The molecule has 2 aromatic heterocycles. The van der Waals surface area contributed by atoms with E-state index in [1.165, 1.54) is 0 Å². The lowest BCUT2D eigenvalue weighted by Gasteiger charge is -2.32. The first-order chi connectivity index (χ1) is 12.4. The third kappa shape index (κ3) is 3.12. The summed E-state index contributed by atoms with van der Waals surface area (Å²) in [6.45, 7) is 2.83. The second-order valence-corrected chi connectivity index (χ2v) is 9.00. The molecule has 1 fully saturated rings. The minimum Gasteiger partial charge on any atom is -0.335 e. The first kappa shape index (κ1) is 17.2. The van der Waals surface area contributed by atoms with Crippen LogP contribution in [-0.4, -0.2) is 77.9 Å². The van der Waals surface area contributed by atoms with Gasteiger partial charge in [-0.05, 0) is 19.2 Å². The van der Waals surface area contributed by atoms with E-state index in [2.05, 4.69) is 15.0 Å². The molecule has 0 bridgehead atoms. The van der Waals surface area contributed by atoms with Crippen LogP contribution in [0.4, 0.5) is 0 Å². The van der Waals surface area contributed by atoms with E-state index in [0.29, 0.717) is 30.9 Å². The molecular formula is C17H21N5O3S. The van der Waals surface area contributed by atoms with E-state index in [-0.39, 0.29) is 23.1 Å². The number of carbonyl (C=O) groups is 1. The molecule has 0 radical (unpaired) electrons. The fraction of sp³-hybridized carbons (Fsp3) is 0.471. The number of hydrogen-bond acceptors (Lipinski definition) is 6. The van der Waals surface area contributed by atoms with Crippen LogP contribution in [0.2, 0.25) is 0 Å². The van der Waals surface area contributed by atoms with Crippen molar-refractivity contribution in [1.82, 2.24) is 24.6 Å². The average Bonchev–Trinajstić information content (AvgIpc) is 3.00. The molecular weight excluding hydrogens is 354 g/mol. The van der Waals surface area contributed by atoms with Crippen LogP contribution in [-0.2, 0) is 22.0 Å². The topological polar surface area (TPSA) is 88.4 Å². The van der Waals surface area contributed by atoms with E-state index in [1.54, 1.807) is 27.9 Å². The van der Waals surface area contributed by atoms with Gasteiger partial charge >= 0.3 is 0 Å². The fourth-order valence-corrected chi connectivity index (χ4v) is 4.83. The van der Waals surface area contributed by atoms with E-state index in [9.17, 15) is 13.2 Å². The molecule has 8 nitrogen and oxygen atoms in total. The van der Waals surface area contributed by atoms with Crippen molar-refractivity contribution >= 4 is 15.7 Å². The summed E-state index contributed by atoms with van der Waals surface area (Å²) >= 11 is 0. The van der Waals surface area contributed by atoms with Crippen LogP contribution >= 0.6 is 0 Å². The van der Waals surface area contributed by atoms with Gasteiger partial charge in [0.2, 0.25) is 0 Å². The van der Waals surface area contributed by atoms with Crippen LogP contribution in [0, 0.1) is 0 Å². The van der Waals surface area contributed by atoms with Crippen LogP contribution in [0.15, 0.2) is 24.4 Å². The number of likely N-dealkylation sites (N-methyl/N-ethyl adjacent to an activating group) is 1. The average molecular weight is 375 g/mol. The van der Waals surface area contributed by atoms with Crippen molar-refractivity contribution in [2.24, 2.45) is 0 Å². The van der Waals surface area contributed by atoms with Crippen molar-refractivity contribution in [2.45, 2.75) is 12.2 Å². The Hall–Kier alpha value is -2.26. The number of amides is 1. The van der Waals surface area contributed by atoms with Gasteiger partial charge in [-0.2, -0.15) is 5.10 Å². The van der Waals surface area contributed by atoms with Crippen LogP contribution in [0.1, 0.15) is 21.7 Å². The van der Waals surface area contributed by atoms with E-state index in [0.717, 1.165) is 18.8 Å². The maximum Gasteiger partial charge on any atom is 0.274 e. The van der Waals surface area contributed by atoms with Crippen LogP contribution in [0.5, 0.6) is 0 Å². The van der Waals surface area contributed by atoms with Crippen LogP contribution < -0.4 is 0 Å². The second kappa shape index (κ2) is 6.48. The SMILES string of the molecule is CN1CCN(C(=O)c2nn(-c3ccccn3)c3c2CS(=O)(=O)CC3)CC1. The zero-order valence-corrected chi connectivity index (χ0v) is 15.4. The zero-order chi connectivity index (χ0) is 18.3. The van der Waals surface area contributed by atoms with Gasteiger partial charge in [0.05, 0.1) is 17.2 Å². The molecule has 1 amide bonds. The molecule has 0 atom stereocenters. The van der Waals surface area contributed by atoms with Gasteiger partial charge in [-0.25, -0.2) is 18.1 Å². The van der Waals surface area contributed by atoms with E-state index < -0.39 is 9.84 Å². The van der Waals surface area contributed by atoms with Crippen molar-refractivity contribution in [3.8, 4) is 5.82 Å². The van der Waals surface area contributed by atoms with Gasteiger partial charge in [0.15, 0.2) is 21.3 Å². The summed E-state index contributed by atoms with van der Waals surface area (Å²) in [5.74, 6) is 0.339. The monoisotopic (exact) mass is 375 g/mol. The van der Waals surface area contributed by atoms with Crippen molar-refractivity contribution in [3.63, 3.8) is 0 Å². The molecule has 138 valence electrons. The van der Waals surface area contributed by atoms with Crippen LogP contribution in [0.3, 0.4) is 0 Å². The quantitative estimate of drug-likeness (QED) is 0.741. The highest BCUT2D eigenvalue weighted by molar-refractivity contribution is 7.90. The van der Waals surface area contributed by atoms with Gasteiger partial charge in [-0.1, -0.05) is 6.07 Å². The Bertz CT molecular complexity index is 931. The Labute approximate surface area is 152 Å². The summed E-state index contributed by atoms with van der Waals surface area (Å²) in [7, 11) is -1.19. The third-order valence-electron chi connectivity index (χ3n) is 4.96. The van der Waals surface area contributed by atoms with Crippen molar-refractivity contribution in [1.29, 1.82) is 0 Å². The van der Waals surface area contributed by atoms with Crippen molar-refractivity contribution in [2.75, 3.05) is 39.0 Å². The second-order valence-electron chi connectivity index (χ2n) is 6.81. The number of carbonyl (C=O) groups excluding carboxylic acids is 1. The zero-order valence-electron chi connectivity index (χ0n) is 14.6. The smallest absolute Gasteiger partial charge is 0.274 e. The molecule has 0 saturated carbocycles. The summed E-state index contributed by atoms with van der Waals surface area (Å²) in [6, 6.07) is 5.46. The number of nitrogens with zero attached hydrogens (tertiary/aromatic N) is 5. The molecule has 2 aliphatic rings. The molecule has 4 heterocycles. The summed E-state index contributed by atoms with van der Waals surface area (Å²) in [5.41, 5.74) is 1.56. The standard InChI is InChI=1S/C17H21N5O3S/c1-20-7-9-21(10-8-20)17(23)16-13-12-26(24,25)11-5-14(13)22(19-16)15-4-2-3-6-18-15/h2-4,6H,5,7-12H2,1H3. The molecule has 9 heteroatoms. The molecule has 2 aromatic rings. The lowest BCUT2D eigenvalue weighted by molar-refractivity contribution is 0.0657. The minimum atomic E-state index is -3.21. The van der Waals surface area contributed by atoms with Crippen LogP contribution in [0.25, 0.3) is 5.82 Å². The normalized spacial score (nSPS) is 20.0. The molecule has 0 unspecified atom stereocenters. The number of hydrogen-bond donors (Lipinski definition) is 0. The van der Waals surface area contributed by atoms with Gasteiger partial charge in [0, 0.05) is 44.4 Å². The predicted octanol–water partition coefficient (Wildman–Crippen LogP) is 0.126. The molecule has 0 aliphatic carbocycles. The van der Waals surface area contributed by atoms with E-state index in [4.69, 9.17) is 0 Å². The van der Waals surface area contributed by atoms with Crippen molar-refractivity contribution < 1.29 is 13.2 Å². The lowest BCUT2D eigenvalue weighted by atomic mass is 10.1. The van der Waals surface area contributed by atoms with E-state index in [1.807, 2.05) is 13.1 Å². The Balaban J connectivity index is 1.77. The summed E-state index contributed by atoms with van der Waals surface area (Å²) in [5, 5.41) is 4.51. The maximum absolute atomic E-state index is 13.1. The highest BCUT2D eigenvalue weighted by Crippen LogP contribution is 2.27.